The topological polar surface area (TPSA) is 36.4 Å². The summed E-state index contributed by atoms with van der Waals surface area (Å²) in [5.74, 6) is 0. The van der Waals surface area contributed by atoms with Gasteiger partial charge in [0.15, 0.2) is 5.11 Å². The van der Waals surface area contributed by atoms with Crippen molar-refractivity contribution in [1.82, 2.24) is 5.43 Å². The van der Waals surface area contributed by atoms with Crippen molar-refractivity contribution in [3.8, 4) is 0 Å². The van der Waals surface area contributed by atoms with Gasteiger partial charge in [-0.05, 0) is 49.1 Å². The third-order valence-corrected chi connectivity index (χ3v) is 3.77. The van der Waals surface area contributed by atoms with E-state index in [0.717, 1.165) is 21.8 Å². The average Bonchev–Trinajstić information content (AvgIpc) is 2.93. The van der Waals surface area contributed by atoms with Gasteiger partial charge in [-0.15, -0.1) is 11.3 Å². The lowest BCUT2D eigenvalue weighted by molar-refractivity contribution is 1.04. The maximum absolute atomic E-state index is 5.22. The van der Waals surface area contributed by atoms with Crippen LogP contribution in [0.4, 0.5) is 5.69 Å². The Balaban J connectivity index is 1.96. The van der Waals surface area contributed by atoms with E-state index in [-0.39, 0.29) is 0 Å². The fraction of sp³-hybridized carbons (Fsp3) is 0.143. The van der Waals surface area contributed by atoms with Crippen molar-refractivity contribution in [2.75, 3.05) is 5.32 Å². The summed E-state index contributed by atoms with van der Waals surface area (Å²) in [6.45, 7) is 3.99. The zero-order chi connectivity index (χ0) is 13.7. The molecule has 19 heavy (non-hydrogen) atoms. The molecule has 0 bridgehead atoms. The number of hydrogen-bond acceptors (Lipinski definition) is 3. The fourth-order valence-corrected chi connectivity index (χ4v) is 2.37. The number of hydrogen-bond donors (Lipinski definition) is 2. The van der Waals surface area contributed by atoms with Crippen LogP contribution >= 0.6 is 23.6 Å². The molecule has 0 atom stereocenters. The van der Waals surface area contributed by atoms with Crippen molar-refractivity contribution in [1.29, 1.82) is 0 Å². The minimum absolute atomic E-state index is 0.491. The molecule has 1 aromatic carbocycles. The van der Waals surface area contributed by atoms with E-state index in [4.69, 9.17) is 12.2 Å². The lowest BCUT2D eigenvalue weighted by atomic mass is 10.2. The SMILES string of the molecule is C/C(=N/NC(=S)Nc1ccccc1C)c1cccs1. The van der Waals surface area contributed by atoms with Crippen LogP contribution in [0, 0.1) is 6.92 Å². The second-order valence-electron chi connectivity index (χ2n) is 4.06. The molecule has 0 saturated heterocycles. The van der Waals surface area contributed by atoms with E-state index in [9.17, 15) is 0 Å². The minimum atomic E-state index is 0.491. The van der Waals surface area contributed by atoms with E-state index in [2.05, 4.69) is 15.8 Å². The molecular formula is C14H15N3S2. The Hall–Kier alpha value is -1.72. The number of benzene rings is 1. The Morgan fingerprint density at radius 2 is 2.00 bits per heavy atom. The Kier molecular flexibility index (Phi) is 4.65. The highest BCUT2D eigenvalue weighted by Crippen LogP contribution is 2.13. The van der Waals surface area contributed by atoms with Crippen LogP contribution in [0.5, 0.6) is 0 Å². The van der Waals surface area contributed by atoms with Gasteiger partial charge in [-0.2, -0.15) is 5.10 Å². The molecule has 0 unspecified atom stereocenters. The summed E-state index contributed by atoms with van der Waals surface area (Å²) in [7, 11) is 0. The van der Waals surface area contributed by atoms with Crippen LogP contribution in [-0.4, -0.2) is 10.8 Å². The molecule has 2 N–H and O–H groups in total. The van der Waals surface area contributed by atoms with Gasteiger partial charge in [-0.1, -0.05) is 24.3 Å². The summed E-state index contributed by atoms with van der Waals surface area (Å²) >= 11 is 6.87. The number of anilines is 1. The van der Waals surface area contributed by atoms with Crippen LogP contribution in [0.3, 0.4) is 0 Å². The number of para-hydroxylation sites is 1. The number of hydrazone groups is 1. The number of thiophene rings is 1. The molecule has 2 rings (SSSR count). The zero-order valence-corrected chi connectivity index (χ0v) is 12.4. The Labute approximate surface area is 122 Å². The quantitative estimate of drug-likeness (QED) is 0.513. The van der Waals surface area contributed by atoms with E-state index in [1.165, 1.54) is 0 Å². The summed E-state index contributed by atoms with van der Waals surface area (Å²) in [6.07, 6.45) is 0. The third-order valence-electron chi connectivity index (χ3n) is 2.60. The van der Waals surface area contributed by atoms with Crippen LogP contribution in [0.15, 0.2) is 46.9 Å². The molecule has 5 heteroatoms. The molecule has 3 nitrogen and oxygen atoms in total. The first-order valence-corrected chi connectivity index (χ1v) is 7.16. The highest BCUT2D eigenvalue weighted by molar-refractivity contribution is 7.80. The van der Waals surface area contributed by atoms with Crippen molar-refractivity contribution in [2.45, 2.75) is 13.8 Å². The predicted octanol–water partition coefficient (Wildman–Crippen LogP) is 3.77. The van der Waals surface area contributed by atoms with Gasteiger partial charge in [0.1, 0.15) is 0 Å². The average molecular weight is 289 g/mol. The molecule has 0 saturated carbocycles. The Morgan fingerprint density at radius 3 is 2.68 bits per heavy atom. The van der Waals surface area contributed by atoms with E-state index in [1.807, 2.05) is 55.6 Å². The summed E-state index contributed by atoms with van der Waals surface area (Å²) in [6, 6.07) is 12.0. The van der Waals surface area contributed by atoms with Crippen molar-refractivity contribution < 1.29 is 0 Å². The molecule has 0 aliphatic rings. The number of nitrogens with zero attached hydrogens (tertiary/aromatic N) is 1. The van der Waals surface area contributed by atoms with Gasteiger partial charge in [-0.25, -0.2) is 0 Å². The predicted molar refractivity (Wildman–Crippen MR) is 87.1 cm³/mol. The van der Waals surface area contributed by atoms with Crippen LogP contribution in [0.25, 0.3) is 0 Å². The highest BCUT2D eigenvalue weighted by Gasteiger charge is 2.01. The Morgan fingerprint density at radius 1 is 1.21 bits per heavy atom. The fourth-order valence-electron chi connectivity index (χ4n) is 1.54. The van der Waals surface area contributed by atoms with Crippen molar-refractivity contribution in [2.24, 2.45) is 5.10 Å². The maximum atomic E-state index is 5.22. The lowest BCUT2D eigenvalue weighted by Crippen LogP contribution is -2.25. The van der Waals surface area contributed by atoms with Gasteiger partial charge < -0.3 is 5.32 Å². The molecule has 0 aliphatic heterocycles. The van der Waals surface area contributed by atoms with Crippen LogP contribution in [0.1, 0.15) is 17.4 Å². The largest absolute Gasteiger partial charge is 0.331 e. The van der Waals surface area contributed by atoms with Crippen LogP contribution in [-0.2, 0) is 0 Å². The van der Waals surface area contributed by atoms with E-state index in [0.29, 0.717) is 5.11 Å². The van der Waals surface area contributed by atoms with Gasteiger partial charge in [-0.3, -0.25) is 5.43 Å². The molecule has 1 aromatic heterocycles. The van der Waals surface area contributed by atoms with Gasteiger partial charge >= 0.3 is 0 Å². The Bertz CT molecular complexity index is 588. The number of aryl methyl sites for hydroxylation is 1. The smallest absolute Gasteiger partial charge is 0.191 e. The molecule has 0 aliphatic carbocycles. The van der Waals surface area contributed by atoms with Crippen LogP contribution < -0.4 is 10.7 Å². The van der Waals surface area contributed by atoms with E-state index < -0.39 is 0 Å². The lowest BCUT2D eigenvalue weighted by Gasteiger charge is -2.09. The standard InChI is InChI=1S/C14H15N3S2/c1-10-6-3-4-7-12(10)15-14(18)17-16-11(2)13-8-5-9-19-13/h3-9H,1-2H3,(H2,15,17,18)/b16-11-. The second kappa shape index (κ2) is 6.45. The minimum Gasteiger partial charge on any atom is -0.331 e. The molecule has 0 amide bonds. The monoisotopic (exact) mass is 289 g/mol. The van der Waals surface area contributed by atoms with E-state index in [1.54, 1.807) is 11.3 Å². The summed E-state index contributed by atoms with van der Waals surface area (Å²) < 4.78 is 0. The molecule has 0 fully saturated rings. The number of nitrogens with one attached hydrogen (secondary N) is 2. The molecular weight excluding hydrogens is 274 g/mol. The highest BCUT2D eigenvalue weighted by atomic mass is 32.1. The first-order valence-electron chi connectivity index (χ1n) is 5.87. The first-order chi connectivity index (χ1) is 9.16. The zero-order valence-electron chi connectivity index (χ0n) is 10.8. The van der Waals surface area contributed by atoms with Gasteiger partial charge in [0.25, 0.3) is 0 Å². The number of thiocarbonyl (C=S) groups is 1. The van der Waals surface area contributed by atoms with Gasteiger partial charge in [0, 0.05) is 10.6 Å². The van der Waals surface area contributed by atoms with Crippen molar-refractivity contribution in [3.05, 3.63) is 52.2 Å². The molecule has 2 aromatic rings. The maximum Gasteiger partial charge on any atom is 0.191 e. The van der Waals surface area contributed by atoms with Gasteiger partial charge in [0.05, 0.1) is 5.71 Å². The van der Waals surface area contributed by atoms with Crippen molar-refractivity contribution >= 4 is 40.1 Å². The first kappa shape index (κ1) is 13.7. The molecule has 0 radical (unpaired) electrons. The summed E-state index contributed by atoms with van der Waals surface area (Å²) in [5.41, 5.74) is 5.92. The van der Waals surface area contributed by atoms with Crippen LogP contribution in [0.2, 0.25) is 0 Å². The second-order valence-corrected chi connectivity index (χ2v) is 5.41. The van der Waals surface area contributed by atoms with E-state index >= 15 is 0 Å². The summed E-state index contributed by atoms with van der Waals surface area (Å²) in [5, 5.41) is 9.91. The van der Waals surface area contributed by atoms with Crippen molar-refractivity contribution in [3.63, 3.8) is 0 Å². The third kappa shape index (κ3) is 3.87. The molecule has 1 heterocycles. The molecule has 0 spiro atoms. The normalized spacial score (nSPS) is 11.2. The number of rotatable bonds is 3. The molecule has 98 valence electrons. The van der Waals surface area contributed by atoms with Gasteiger partial charge in [0.2, 0.25) is 0 Å². The summed E-state index contributed by atoms with van der Waals surface area (Å²) in [4.78, 5) is 1.13.